The lowest BCUT2D eigenvalue weighted by molar-refractivity contribution is 0.744. The molecule has 0 aromatic rings. The topological polar surface area (TPSA) is 0 Å². The fourth-order valence-electron chi connectivity index (χ4n) is 1.09. The van der Waals surface area contributed by atoms with Crippen LogP contribution in [0.5, 0.6) is 0 Å². The van der Waals surface area contributed by atoms with Crippen LogP contribution in [0.2, 0.25) is 0 Å². The molecule has 54 valence electrons. The fourth-order valence-corrected chi connectivity index (χ4v) is 1.09. The first-order valence-electron chi connectivity index (χ1n) is 3.76. The Labute approximate surface area is 62.9 Å². The molecule has 0 nitrogen and oxygen atoms in total. The van der Waals surface area contributed by atoms with Gasteiger partial charge in [0, 0.05) is 0 Å². The Kier molecular flexibility index (Phi) is 2.10. The molecule has 0 saturated carbocycles. The second-order valence-corrected chi connectivity index (χ2v) is 3.06. The Morgan fingerprint density at radius 3 is 2.60 bits per heavy atom. The first-order valence-corrected chi connectivity index (χ1v) is 3.76. The van der Waals surface area contributed by atoms with E-state index in [-0.39, 0.29) is 0 Å². The standard InChI is InChI=1S/C10H14/c1-8(2)10-6-4-5-9(3)7-10/h4-5,7-8H,3,6H2,1-2H3. The highest BCUT2D eigenvalue weighted by atomic mass is 14.1. The monoisotopic (exact) mass is 134 g/mol. The van der Waals surface area contributed by atoms with E-state index in [9.17, 15) is 0 Å². The lowest BCUT2D eigenvalue weighted by Crippen LogP contribution is -1.95. The predicted molar refractivity (Wildman–Crippen MR) is 45.8 cm³/mol. The Bertz CT molecular complexity index is 192. The highest BCUT2D eigenvalue weighted by Crippen LogP contribution is 2.20. The van der Waals surface area contributed by atoms with Crippen LogP contribution in [-0.2, 0) is 0 Å². The van der Waals surface area contributed by atoms with Crippen LogP contribution in [0, 0.1) is 5.92 Å². The van der Waals surface area contributed by atoms with Gasteiger partial charge in [-0.05, 0) is 17.9 Å². The molecule has 0 spiro atoms. The van der Waals surface area contributed by atoms with E-state index in [2.05, 4.69) is 38.7 Å². The third kappa shape index (κ3) is 1.60. The number of allylic oxidation sites excluding steroid dienone is 5. The molecule has 0 aromatic heterocycles. The van der Waals surface area contributed by atoms with Gasteiger partial charge >= 0.3 is 0 Å². The van der Waals surface area contributed by atoms with Crippen LogP contribution in [0.25, 0.3) is 0 Å². The number of hydrogen-bond donors (Lipinski definition) is 0. The minimum atomic E-state index is 0.668. The largest absolute Gasteiger partial charge is 0.0918 e. The second kappa shape index (κ2) is 2.87. The third-order valence-electron chi connectivity index (χ3n) is 1.80. The van der Waals surface area contributed by atoms with Gasteiger partial charge in [-0.1, -0.05) is 44.2 Å². The summed E-state index contributed by atoms with van der Waals surface area (Å²) in [5.41, 5.74) is 2.63. The van der Waals surface area contributed by atoms with E-state index in [1.54, 1.807) is 0 Å². The molecule has 10 heavy (non-hydrogen) atoms. The molecule has 0 atom stereocenters. The molecule has 0 heteroatoms. The van der Waals surface area contributed by atoms with E-state index in [0.717, 1.165) is 12.0 Å². The number of rotatable bonds is 1. The Morgan fingerprint density at radius 2 is 2.20 bits per heavy atom. The first-order chi connectivity index (χ1) is 4.70. The molecule has 0 heterocycles. The normalized spacial score (nSPS) is 17.9. The average molecular weight is 134 g/mol. The zero-order valence-electron chi connectivity index (χ0n) is 6.72. The van der Waals surface area contributed by atoms with E-state index < -0.39 is 0 Å². The highest BCUT2D eigenvalue weighted by Gasteiger charge is 2.03. The van der Waals surface area contributed by atoms with Crippen molar-refractivity contribution in [2.24, 2.45) is 5.92 Å². The van der Waals surface area contributed by atoms with Crippen molar-refractivity contribution in [2.45, 2.75) is 20.3 Å². The van der Waals surface area contributed by atoms with Gasteiger partial charge in [0.15, 0.2) is 0 Å². The summed E-state index contributed by atoms with van der Waals surface area (Å²) >= 11 is 0. The second-order valence-electron chi connectivity index (χ2n) is 3.06. The van der Waals surface area contributed by atoms with Crippen molar-refractivity contribution in [1.82, 2.24) is 0 Å². The van der Waals surface area contributed by atoms with Gasteiger partial charge < -0.3 is 0 Å². The van der Waals surface area contributed by atoms with Crippen molar-refractivity contribution in [2.75, 3.05) is 0 Å². The van der Waals surface area contributed by atoms with E-state index in [0.29, 0.717) is 5.92 Å². The van der Waals surface area contributed by atoms with Gasteiger partial charge in [0.05, 0.1) is 0 Å². The molecule has 0 radical (unpaired) electrons. The summed E-state index contributed by atoms with van der Waals surface area (Å²) in [5, 5.41) is 0. The van der Waals surface area contributed by atoms with Crippen molar-refractivity contribution in [3.05, 3.63) is 36.0 Å². The average Bonchev–Trinajstić information content (AvgIpc) is 1.88. The van der Waals surface area contributed by atoms with Gasteiger partial charge in [-0.3, -0.25) is 0 Å². The van der Waals surface area contributed by atoms with Crippen LogP contribution < -0.4 is 0 Å². The quantitative estimate of drug-likeness (QED) is 0.517. The Hall–Kier alpha value is -0.780. The molecule has 0 fully saturated rings. The van der Waals surface area contributed by atoms with Crippen LogP contribution in [0.3, 0.4) is 0 Å². The van der Waals surface area contributed by atoms with E-state index in [1.165, 1.54) is 5.57 Å². The molecule has 0 bridgehead atoms. The molecular formula is C10H14. The third-order valence-corrected chi connectivity index (χ3v) is 1.80. The molecular weight excluding hydrogens is 120 g/mol. The van der Waals surface area contributed by atoms with Crippen LogP contribution >= 0.6 is 0 Å². The van der Waals surface area contributed by atoms with Crippen LogP contribution in [0.4, 0.5) is 0 Å². The molecule has 1 aliphatic rings. The maximum atomic E-state index is 3.88. The Balaban J connectivity index is 2.71. The smallest absolute Gasteiger partial charge is 0.0130 e. The van der Waals surface area contributed by atoms with Gasteiger partial charge in [0.25, 0.3) is 0 Å². The van der Waals surface area contributed by atoms with Crippen molar-refractivity contribution < 1.29 is 0 Å². The molecule has 0 N–H and O–H groups in total. The molecule has 0 saturated heterocycles. The predicted octanol–water partition coefficient (Wildman–Crippen LogP) is 3.08. The van der Waals surface area contributed by atoms with Crippen molar-refractivity contribution in [3.8, 4) is 0 Å². The Morgan fingerprint density at radius 1 is 1.50 bits per heavy atom. The van der Waals surface area contributed by atoms with Crippen LogP contribution in [-0.4, -0.2) is 0 Å². The maximum absolute atomic E-state index is 3.88. The summed E-state index contributed by atoms with van der Waals surface area (Å²) in [6.45, 7) is 8.32. The van der Waals surface area contributed by atoms with E-state index >= 15 is 0 Å². The lowest BCUT2D eigenvalue weighted by atomic mass is 9.94. The number of hydrogen-bond acceptors (Lipinski definition) is 0. The van der Waals surface area contributed by atoms with Crippen LogP contribution in [0.1, 0.15) is 20.3 Å². The summed E-state index contributed by atoms with van der Waals surface area (Å²) in [4.78, 5) is 0. The van der Waals surface area contributed by atoms with Crippen LogP contribution in [0.15, 0.2) is 36.0 Å². The van der Waals surface area contributed by atoms with Crippen molar-refractivity contribution in [3.63, 3.8) is 0 Å². The molecule has 0 aromatic carbocycles. The van der Waals surface area contributed by atoms with Crippen molar-refractivity contribution in [1.29, 1.82) is 0 Å². The summed E-state index contributed by atoms with van der Waals surface area (Å²) < 4.78 is 0. The minimum absolute atomic E-state index is 0.668. The maximum Gasteiger partial charge on any atom is -0.0130 e. The summed E-state index contributed by atoms with van der Waals surface area (Å²) in [5.74, 6) is 0.668. The molecule has 0 amide bonds. The van der Waals surface area contributed by atoms with Crippen molar-refractivity contribution >= 4 is 0 Å². The van der Waals surface area contributed by atoms with Gasteiger partial charge in [0.1, 0.15) is 0 Å². The fraction of sp³-hybridized carbons (Fsp3) is 0.400. The van der Waals surface area contributed by atoms with Gasteiger partial charge in [-0.2, -0.15) is 0 Å². The minimum Gasteiger partial charge on any atom is -0.0918 e. The highest BCUT2D eigenvalue weighted by molar-refractivity contribution is 5.36. The SMILES string of the molecule is C=C1C=CCC(C(C)C)=C1. The first kappa shape index (κ1) is 7.33. The zero-order valence-corrected chi connectivity index (χ0v) is 6.72. The molecule has 0 aliphatic heterocycles. The van der Waals surface area contributed by atoms with E-state index in [1.807, 2.05) is 0 Å². The molecule has 1 aliphatic carbocycles. The lowest BCUT2D eigenvalue weighted by Gasteiger charge is -2.12. The molecule has 1 rings (SSSR count). The summed E-state index contributed by atoms with van der Waals surface area (Å²) in [6, 6.07) is 0. The zero-order chi connectivity index (χ0) is 7.56. The van der Waals surface area contributed by atoms with Gasteiger partial charge in [-0.15, -0.1) is 0 Å². The van der Waals surface area contributed by atoms with Gasteiger partial charge in [0.2, 0.25) is 0 Å². The molecule has 0 unspecified atom stereocenters. The van der Waals surface area contributed by atoms with Gasteiger partial charge in [-0.25, -0.2) is 0 Å². The van der Waals surface area contributed by atoms with E-state index in [4.69, 9.17) is 0 Å². The summed E-state index contributed by atoms with van der Waals surface area (Å²) in [7, 11) is 0. The summed E-state index contributed by atoms with van der Waals surface area (Å²) in [6.07, 6.45) is 7.55.